The van der Waals surface area contributed by atoms with E-state index in [0.717, 1.165) is 60.9 Å². The van der Waals surface area contributed by atoms with Crippen LogP contribution in [0, 0.1) is 0 Å². The second kappa shape index (κ2) is 9.43. The molecule has 1 amide bonds. The van der Waals surface area contributed by atoms with Gasteiger partial charge in [0.15, 0.2) is 11.0 Å². The molecule has 0 spiro atoms. The van der Waals surface area contributed by atoms with Gasteiger partial charge in [-0.25, -0.2) is 0 Å². The third kappa shape index (κ3) is 4.12. The van der Waals surface area contributed by atoms with Crippen LogP contribution in [0.1, 0.15) is 44.2 Å². The molecule has 0 unspecified atom stereocenters. The summed E-state index contributed by atoms with van der Waals surface area (Å²) in [6, 6.07) is 10.3. The highest BCUT2D eigenvalue weighted by atomic mass is 32.2. The van der Waals surface area contributed by atoms with E-state index >= 15 is 0 Å². The fraction of sp³-hybridized carbons (Fsp3) is 0.391. The van der Waals surface area contributed by atoms with Crippen molar-refractivity contribution in [2.24, 2.45) is 0 Å². The maximum atomic E-state index is 12.6. The molecular formula is C23H27N5OS. The van der Waals surface area contributed by atoms with Crippen molar-refractivity contribution in [3.8, 4) is 17.1 Å². The first kappa shape index (κ1) is 20.6. The van der Waals surface area contributed by atoms with Crippen molar-refractivity contribution >= 4 is 17.7 Å². The molecule has 1 saturated heterocycles. The Hall–Kier alpha value is -2.67. The number of nitrogens with zero attached hydrogens (tertiary/aromatic N) is 4. The molecule has 7 heteroatoms. The topological polar surface area (TPSA) is 72.7 Å². The van der Waals surface area contributed by atoms with Gasteiger partial charge in [-0.2, -0.15) is 0 Å². The minimum absolute atomic E-state index is 0.0921. The highest BCUT2D eigenvalue weighted by Gasteiger charge is 2.27. The van der Waals surface area contributed by atoms with Crippen LogP contribution in [0.5, 0.6) is 0 Å². The number of nitrogens with one attached hydrogen (secondary N) is 1. The standard InChI is InChI=1S/C23H27N5OS/c1-3-16-9-7-10-17(4-2)20(16)28-21(18-11-8-13-24-15-18)26-27-23(28)30-19-12-5-6-14-25-22(19)29/h7-11,13,15,19H,3-6,12,14H2,1-2H3,(H,25,29)/t19-/m0/s1. The summed E-state index contributed by atoms with van der Waals surface area (Å²) in [6.45, 7) is 5.08. The highest BCUT2D eigenvalue weighted by molar-refractivity contribution is 8.00. The van der Waals surface area contributed by atoms with Crippen LogP contribution in [0.3, 0.4) is 0 Å². The number of pyridine rings is 1. The molecule has 0 saturated carbocycles. The third-order valence-corrected chi connectivity index (χ3v) is 6.68. The van der Waals surface area contributed by atoms with Crippen molar-refractivity contribution in [3.63, 3.8) is 0 Å². The number of amides is 1. The number of carbonyl (C=O) groups excluding carboxylic acids is 1. The number of hydrogen-bond acceptors (Lipinski definition) is 5. The van der Waals surface area contributed by atoms with Crippen LogP contribution in [0.15, 0.2) is 47.9 Å². The number of thioether (sulfide) groups is 1. The maximum Gasteiger partial charge on any atom is 0.233 e. The Morgan fingerprint density at radius 1 is 1.10 bits per heavy atom. The SMILES string of the molecule is CCc1cccc(CC)c1-n1c(S[C@H]2CCCCNC2=O)nnc1-c1cccnc1. The summed E-state index contributed by atoms with van der Waals surface area (Å²) in [6.07, 6.45) is 8.28. The maximum absolute atomic E-state index is 12.6. The molecule has 156 valence electrons. The van der Waals surface area contributed by atoms with Crippen LogP contribution in [0.4, 0.5) is 0 Å². The van der Waals surface area contributed by atoms with Crippen molar-refractivity contribution in [1.82, 2.24) is 25.1 Å². The summed E-state index contributed by atoms with van der Waals surface area (Å²) >= 11 is 1.52. The molecule has 0 radical (unpaired) electrons. The van der Waals surface area contributed by atoms with Gasteiger partial charge >= 0.3 is 0 Å². The van der Waals surface area contributed by atoms with Crippen molar-refractivity contribution in [2.45, 2.75) is 56.4 Å². The van der Waals surface area contributed by atoms with Crippen LogP contribution >= 0.6 is 11.8 Å². The zero-order valence-corrected chi connectivity index (χ0v) is 18.3. The Morgan fingerprint density at radius 2 is 1.90 bits per heavy atom. The molecule has 1 aliphatic heterocycles. The Bertz CT molecular complexity index is 995. The molecule has 1 fully saturated rings. The molecule has 4 rings (SSSR count). The van der Waals surface area contributed by atoms with Gasteiger partial charge in [-0.15, -0.1) is 10.2 Å². The molecule has 3 heterocycles. The lowest BCUT2D eigenvalue weighted by atomic mass is 10.0. The average molecular weight is 422 g/mol. The molecule has 0 bridgehead atoms. The van der Waals surface area contributed by atoms with Gasteiger partial charge < -0.3 is 5.32 Å². The van der Waals surface area contributed by atoms with Crippen molar-refractivity contribution < 1.29 is 4.79 Å². The lowest BCUT2D eigenvalue weighted by Crippen LogP contribution is -2.30. The molecule has 1 aromatic carbocycles. The van der Waals surface area contributed by atoms with Gasteiger partial charge in [-0.1, -0.05) is 50.2 Å². The van der Waals surface area contributed by atoms with Gasteiger partial charge in [-0.3, -0.25) is 14.3 Å². The van der Waals surface area contributed by atoms with E-state index in [0.29, 0.717) is 0 Å². The number of aromatic nitrogens is 4. The van der Waals surface area contributed by atoms with Gasteiger partial charge in [0.25, 0.3) is 0 Å². The molecule has 1 N–H and O–H groups in total. The predicted octanol–water partition coefficient (Wildman–Crippen LogP) is 4.21. The molecule has 2 aromatic heterocycles. The fourth-order valence-corrected chi connectivity index (χ4v) is 4.98. The first-order chi connectivity index (χ1) is 14.7. The van der Waals surface area contributed by atoms with Crippen molar-refractivity contribution in [2.75, 3.05) is 6.54 Å². The van der Waals surface area contributed by atoms with E-state index < -0.39 is 0 Å². The van der Waals surface area contributed by atoms with E-state index in [2.05, 4.69) is 57.1 Å². The van der Waals surface area contributed by atoms with Crippen LogP contribution in [-0.4, -0.2) is 37.5 Å². The van der Waals surface area contributed by atoms with Gasteiger partial charge in [0.05, 0.1) is 10.9 Å². The number of hydrogen-bond donors (Lipinski definition) is 1. The van der Waals surface area contributed by atoms with E-state index in [1.165, 1.54) is 22.9 Å². The summed E-state index contributed by atoms with van der Waals surface area (Å²) in [4.78, 5) is 16.9. The Labute approximate surface area is 181 Å². The van der Waals surface area contributed by atoms with Gasteiger partial charge in [0, 0.05) is 24.5 Å². The number of aryl methyl sites for hydroxylation is 2. The largest absolute Gasteiger partial charge is 0.355 e. The number of rotatable bonds is 6. The third-order valence-electron chi connectivity index (χ3n) is 5.47. The van der Waals surface area contributed by atoms with E-state index in [9.17, 15) is 4.79 Å². The molecule has 30 heavy (non-hydrogen) atoms. The lowest BCUT2D eigenvalue weighted by Gasteiger charge is -2.19. The minimum atomic E-state index is -0.156. The van der Waals surface area contributed by atoms with Crippen molar-refractivity contribution in [3.05, 3.63) is 53.9 Å². The first-order valence-corrected chi connectivity index (χ1v) is 11.5. The van der Waals surface area contributed by atoms with Crippen LogP contribution in [-0.2, 0) is 17.6 Å². The van der Waals surface area contributed by atoms with E-state index in [4.69, 9.17) is 0 Å². The zero-order valence-electron chi connectivity index (χ0n) is 17.5. The first-order valence-electron chi connectivity index (χ1n) is 10.6. The van der Waals surface area contributed by atoms with Crippen LogP contribution < -0.4 is 5.32 Å². The number of para-hydroxylation sites is 1. The van der Waals surface area contributed by atoms with Gasteiger partial charge in [-0.05, 0) is 48.9 Å². The van der Waals surface area contributed by atoms with Crippen molar-refractivity contribution in [1.29, 1.82) is 0 Å². The summed E-state index contributed by atoms with van der Waals surface area (Å²) in [7, 11) is 0. The zero-order chi connectivity index (χ0) is 20.9. The average Bonchev–Trinajstić information content (AvgIpc) is 3.09. The lowest BCUT2D eigenvalue weighted by molar-refractivity contribution is -0.120. The van der Waals surface area contributed by atoms with Gasteiger partial charge in [0.2, 0.25) is 5.91 Å². The van der Waals surface area contributed by atoms with Gasteiger partial charge in [0.1, 0.15) is 0 Å². The number of carbonyl (C=O) groups is 1. The molecule has 1 atom stereocenters. The molecule has 6 nitrogen and oxygen atoms in total. The Balaban J connectivity index is 1.87. The van der Waals surface area contributed by atoms with E-state index in [-0.39, 0.29) is 11.2 Å². The molecular weight excluding hydrogens is 394 g/mol. The fourth-order valence-electron chi connectivity index (χ4n) is 3.88. The molecule has 0 aliphatic carbocycles. The van der Waals surface area contributed by atoms with Crippen LogP contribution in [0.2, 0.25) is 0 Å². The van der Waals surface area contributed by atoms with E-state index in [1.54, 1.807) is 6.20 Å². The van der Waals surface area contributed by atoms with Crippen LogP contribution in [0.25, 0.3) is 17.1 Å². The summed E-state index contributed by atoms with van der Waals surface area (Å²) in [5.41, 5.74) is 4.52. The second-order valence-electron chi connectivity index (χ2n) is 7.41. The normalized spacial score (nSPS) is 16.9. The number of benzene rings is 1. The minimum Gasteiger partial charge on any atom is -0.355 e. The summed E-state index contributed by atoms with van der Waals surface area (Å²) in [5.74, 6) is 0.852. The van der Waals surface area contributed by atoms with E-state index in [1.807, 2.05) is 18.3 Å². The second-order valence-corrected chi connectivity index (χ2v) is 8.58. The molecule has 3 aromatic rings. The Kier molecular flexibility index (Phi) is 6.47. The summed E-state index contributed by atoms with van der Waals surface area (Å²) < 4.78 is 2.14. The molecule has 1 aliphatic rings. The smallest absolute Gasteiger partial charge is 0.233 e. The highest BCUT2D eigenvalue weighted by Crippen LogP contribution is 2.35. The monoisotopic (exact) mass is 421 g/mol. The Morgan fingerprint density at radius 3 is 2.60 bits per heavy atom. The summed E-state index contributed by atoms with van der Waals surface area (Å²) in [5, 5.41) is 12.7. The predicted molar refractivity (Wildman–Crippen MR) is 120 cm³/mol. The quantitative estimate of drug-likeness (QED) is 0.645.